The second-order valence-corrected chi connectivity index (χ2v) is 5.61. The third kappa shape index (κ3) is 5.56. The second-order valence-electron chi connectivity index (χ2n) is 5.61. The minimum atomic E-state index is -0.358. The number of benzene rings is 1. The summed E-state index contributed by atoms with van der Waals surface area (Å²) in [7, 11) is 1.59. The van der Waals surface area contributed by atoms with Gasteiger partial charge in [-0.2, -0.15) is 0 Å². The van der Waals surface area contributed by atoms with Gasteiger partial charge in [-0.15, -0.1) is 0 Å². The number of rotatable bonds is 6. The van der Waals surface area contributed by atoms with E-state index < -0.39 is 0 Å². The summed E-state index contributed by atoms with van der Waals surface area (Å²) >= 11 is 0. The lowest BCUT2D eigenvalue weighted by Gasteiger charge is -2.31. The normalized spacial score (nSPS) is 17.6. The van der Waals surface area contributed by atoms with E-state index in [2.05, 4.69) is 5.32 Å². The van der Waals surface area contributed by atoms with E-state index in [9.17, 15) is 9.59 Å². The molecule has 0 saturated carbocycles. The largest absolute Gasteiger partial charge is 0.445 e. The van der Waals surface area contributed by atoms with Crippen LogP contribution in [0, 0.1) is 5.92 Å². The summed E-state index contributed by atoms with van der Waals surface area (Å²) in [6, 6.07) is 9.56. The Balaban J connectivity index is 1.78. The Morgan fingerprint density at radius 3 is 2.83 bits per heavy atom. The highest BCUT2D eigenvalue weighted by atomic mass is 16.6. The van der Waals surface area contributed by atoms with Gasteiger partial charge in [0, 0.05) is 26.7 Å². The Morgan fingerprint density at radius 2 is 2.09 bits per heavy atom. The van der Waals surface area contributed by atoms with E-state index in [-0.39, 0.29) is 24.5 Å². The molecule has 1 aromatic rings. The fraction of sp³-hybridized carbons (Fsp3) is 0.529. The minimum absolute atomic E-state index is 0.0254. The summed E-state index contributed by atoms with van der Waals surface area (Å²) in [6.45, 7) is 2.27. The Bertz CT molecular complexity index is 507. The number of piperidine rings is 1. The van der Waals surface area contributed by atoms with Crippen molar-refractivity contribution < 1.29 is 19.1 Å². The third-order valence-corrected chi connectivity index (χ3v) is 3.86. The van der Waals surface area contributed by atoms with Crippen molar-refractivity contribution >= 4 is 12.0 Å². The van der Waals surface area contributed by atoms with E-state index in [0.717, 1.165) is 18.4 Å². The van der Waals surface area contributed by atoms with Gasteiger partial charge in [0.05, 0.1) is 12.5 Å². The van der Waals surface area contributed by atoms with Gasteiger partial charge in [0.2, 0.25) is 5.91 Å². The molecule has 6 nitrogen and oxygen atoms in total. The number of nitrogens with zero attached hydrogens (tertiary/aromatic N) is 1. The zero-order valence-corrected chi connectivity index (χ0v) is 13.5. The average molecular weight is 320 g/mol. The van der Waals surface area contributed by atoms with Gasteiger partial charge < -0.3 is 19.7 Å². The highest BCUT2D eigenvalue weighted by Gasteiger charge is 2.28. The van der Waals surface area contributed by atoms with Gasteiger partial charge in [-0.3, -0.25) is 4.79 Å². The molecular weight excluding hydrogens is 296 g/mol. The number of methoxy groups -OCH3 is 1. The summed E-state index contributed by atoms with van der Waals surface area (Å²) in [4.78, 5) is 25.8. The number of carbonyl (C=O) groups is 2. The molecule has 1 aliphatic rings. The smallest absolute Gasteiger partial charge is 0.410 e. The molecule has 0 radical (unpaired) electrons. The SMILES string of the molecule is COCCNC(=O)C1CCCN(C(=O)OCc2ccccc2)C1. The lowest BCUT2D eigenvalue weighted by molar-refractivity contribution is -0.126. The molecule has 1 unspecified atom stereocenters. The summed E-state index contributed by atoms with van der Waals surface area (Å²) in [5.74, 6) is -0.201. The molecule has 2 amide bonds. The van der Waals surface area contributed by atoms with E-state index in [4.69, 9.17) is 9.47 Å². The molecule has 1 atom stereocenters. The van der Waals surface area contributed by atoms with Gasteiger partial charge in [0.15, 0.2) is 0 Å². The maximum Gasteiger partial charge on any atom is 0.410 e. The van der Waals surface area contributed by atoms with Gasteiger partial charge in [-0.05, 0) is 18.4 Å². The standard InChI is InChI=1S/C17H24N2O4/c1-22-11-9-18-16(20)15-8-5-10-19(12-15)17(21)23-13-14-6-3-2-4-7-14/h2-4,6-7,15H,5,8-13H2,1H3,(H,18,20). The number of nitrogens with one attached hydrogen (secondary N) is 1. The number of likely N-dealkylation sites (tertiary alicyclic amines) is 1. The van der Waals surface area contributed by atoms with Crippen LogP contribution >= 0.6 is 0 Å². The third-order valence-electron chi connectivity index (χ3n) is 3.86. The summed E-state index contributed by atoms with van der Waals surface area (Å²) in [5.41, 5.74) is 0.951. The van der Waals surface area contributed by atoms with Crippen LogP contribution in [-0.2, 0) is 20.9 Å². The highest BCUT2D eigenvalue weighted by molar-refractivity contribution is 5.80. The molecule has 2 rings (SSSR count). The van der Waals surface area contributed by atoms with Crippen LogP contribution in [0.3, 0.4) is 0 Å². The van der Waals surface area contributed by atoms with E-state index >= 15 is 0 Å². The van der Waals surface area contributed by atoms with Crippen LogP contribution in [0.2, 0.25) is 0 Å². The maximum atomic E-state index is 12.2. The molecular formula is C17H24N2O4. The number of amides is 2. The van der Waals surface area contributed by atoms with Crippen LogP contribution in [0.15, 0.2) is 30.3 Å². The molecule has 1 aromatic carbocycles. The van der Waals surface area contributed by atoms with Crippen molar-refractivity contribution in [3.8, 4) is 0 Å². The molecule has 0 bridgehead atoms. The Hall–Kier alpha value is -2.08. The number of hydrogen-bond acceptors (Lipinski definition) is 4. The van der Waals surface area contributed by atoms with Gasteiger partial charge in [0.25, 0.3) is 0 Å². The Labute approximate surface area is 136 Å². The predicted octanol–water partition coefficient (Wildman–Crippen LogP) is 1.80. The van der Waals surface area contributed by atoms with Crippen LogP contribution in [-0.4, -0.2) is 50.3 Å². The fourth-order valence-electron chi connectivity index (χ4n) is 2.59. The van der Waals surface area contributed by atoms with Crippen molar-refractivity contribution in [3.63, 3.8) is 0 Å². The van der Waals surface area contributed by atoms with Crippen LogP contribution in [0.1, 0.15) is 18.4 Å². The topological polar surface area (TPSA) is 67.9 Å². The van der Waals surface area contributed by atoms with Crippen molar-refractivity contribution in [3.05, 3.63) is 35.9 Å². The quantitative estimate of drug-likeness (QED) is 0.812. The van der Waals surface area contributed by atoms with Gasteiger partial charge in [0.1, 0.15) is 6.61 Å². The minimum Gasteiger partial charge on any atom is -0.445 e. The summed E-state index contributed by atoms with van der Waals surface area (Å²) < 4.78 is 10.2. The molecule has 0 aromatic heterocycles. The maximum absolute atomic E-state index is 12.2. The van der Waals surface area contributed by atoms with Crippen molar-refractivity contribution in [1.29, 1.82) is 0 Å². The van der Waals surface area contributed by atoms with E-state index in [0.29, 0.717) is 26.2 Å². The van der Waals surface area contributed by atoms with E-state index in [1.165, 1.54) is 0 Å². The lowest BCUT2D eigenvalue weighted by Crippen LogP contribution is -2.46. The molecule has 1 saturated heterocycles. The zero-order chi connectivity index (χ0) is 16.5. The van der Waals surface area contributed by atoms with E-state index in [1.807, 2.05) is 30.3 Å². The summed E-state index contributed by atoms with van der Waals surface area (Å²) in [6.07, 6.45) is 1.24. The number of ether oxygens (including phenoxy) is 2. The molecule has 1 fully saturated rings. The Kier molecular flexibility index (Phi) is 6.87. The first kappa shape index (κ1) is 17.3. The Morgan fingerprint density at radius 1 is 1.30 bits per heavy atom. The number of carbonyl (C=O) groups excluding carboxylic acids is 2. The van der Waals surface area contributed by atoms with Crippen molar-refractivity contribution in [2.24, 2.45) is 5.92 Å². The van der Waals surface area contributed by atoms with Crippen molar-refractivity contribution in [2.75, 3.05) is 33.4 Å². The molecule has 126 valence electrons. The molecule has 0 aliphatic carbocycles. The zero-order valence-electron chi connectivity index (χ0n) is 13.5. The molecule has 1 N–H and O–H groups in total. The molecule has 1 heterocycles. The monoisotopic (exact) mass is 320 g/mol. The summed E-state index contributed by atoms with van der Waals surface area (Å²) in [5, 5.41) is 2.83. The lowest BCUT2D eigenvalue weighted by atomic mass is 9.97. The van der Waals surface area contributed by atoms with Gasteiger partial charge in [-0.25, -0.2) is 4.79 Å². The molecule has 0 spiro atoms. The average Bonchev–Trinajstić information content (AvgIpc) is 2.61. The van der Waals surface area contributed by atoms with Crippen LogP contribution in [0.4, 0.5) is 4.79 Å². The molecule has 1 aliphatic heterocycles. The van der Waals surface area contributed by atoms with Crippen LogP contribution in [0.25, 0.3) is 0 Å². The van der Waals surface area contributed by atoms with Crippen molar-refractivity contribution in [2.45, 2.75) is 19.4 Å². The first-order valence-electron chi connectivity index (χ1n) is 7.93. The first-order chi connectivity index (χ1) is 11.2. The molecule has 23 heavy (non-hydrogen) atoms. The van der Waals surface area contributed by atoms with Gasteiger partial charge in [-0.1, -0.05) is 30.3 Å². The van der Waals surface area contributed by atoms with Crippen LogP contribution in [0.5, 0.6) is 0 Å². The fourth-order valence-corrected chi connectivity index (χ4v) is 2.59. The number of hydrogen-bond donors (Lipinski definition) is 1. The highest BCUT2D eigenvalue weighted by Crippen LogP contribution is 2.17. The molecule has 6 heteroatoms. The van der Waals surface area contributed by atoms with Gasteiger partial charge >= 0.3 is 6.09 Å². The van der Waals surface area contributed by atoms with Crippen LogP contribution < -0.4 is 5.32 Å². The van der Waals surface area contributed by atoms with E-state index in [1.54, 1.807) is 12.0 Å². The van der Waals surface area contributed by atoms with Crippen molar-refractivity contribution in [1.82, 2.24) is 10.2 Å². The predicted molar refractivity (Wildman–Crippen MR) is 85.8 cm³/mol. The first-order valence-corrected chi connectivity index (χ1v) is 7.93. The second kappa shape index (κ2) is 9.15.